The van der Waals surface area contributed by atoms with Gasteiger partial charge in [0, 0.05) is 27.9 Å². The third kappa shape index (κ3) is 4.06. The molecule has 1 heteroatoms. The molecule has 1 nitrogen and oxygen atoms in total. The second kappa shape index (κ2) is 10.9. The van der Waals surface area contributed by atoms with Gasteiger partial charge in [-0.2, -0.15) is 0 Å². The number of hydrogen-bond donors (Lipinski definition) is 0. The van der Waals surface area contributed by atoms with Gasteiger partial charge in [0.05, 0.1) is 0 Å². The molecule has 7 aromatic rings. The number of hydrogen-bond acceptors (Lipinski definition) is 1. The highest BCUT2D eigenvalue weighted by Gasteiger charge is 2.55. The van der Waals surface area contributed by atoms with E-state index in [4.69, 9.17) is 0 Å². The maximum atomic E-state index is 2.62. The molecular formula is C51H45N. The third-order valence-electron chi connectivity index (χ3n) is 14.1. The van der Waals surface area contributed by atoms with Crippen molar-refractivity contribution in [2.24, 2.45) is 17.8 Å². The van der Waals surface area contributed by atoms with E-state index in [1.165, 1.54) is 104 Å². The monoisotopic (exact) mass is 671 g/mol. The standard InChI is InChI=1S/C51H45N/c1-32-27-33-11-10-13-36(28-33)51(32)47-18-9-7-16-43(47)45-26-23-39(31-49(45)51)52(37-21-24-41-35(29-37)20-19-34-12-4-5-14-40(34)41)38-22-25-44-42-15-6-8-17-46(42)50(2,3)48(44)30-38/h4-9,12,14-26,29-33,36H,10-11,13,27-28H2,1-3H3. The largest absolute Gasteiger partial charge is 0.310 e. The summed E-state index contributed by atoms with van der Waals surface area (Å²) in [6.45, 7) is 7.37. The fourth-order valence-electron chi connectivity index (χ4n) is 11.9. The highest BCUT2D eigenvalue weighted by Crippen LogP contribution is 2.64. The maximum Gasteiger partial charge on any atom is 0.0468 e. The Labute approximate surface area is 308 Å². The van der Waals surface area contributed by atoms with Crippen LogP contribution in [0, 0.1) is 17.8 Å². The van der Waals surface area contributed by atoms with Crippen molar-refractivity contribution >= 4 is 38.6 Å². The van der Waals surface area contributed by atoms with Crippen LogP contribution in [0.2, 0.25) is 0 Å². The fraction of sp³-hybridized carbons (Fsp3) is 0.255. The van der Waals surface area contributed by atoms with E-state index in [1.807, 2.05) is 0 Å². The van der Waals surface area contributed by atoms with Crippen LogP contribution in [0.1, 0.15) is 75.1 Å². The second-order valence-electron chi connectivity index (χ2n) is 16.9. The van der Waals surface area contributed by atoms with Crippen molar-refractivity contribution in [3.8, 4) is 22.3 Å². The summed E-state index contributed by atoms with van der Waals surface area (Å²) in [5.74, 6) is 2.17. The molecule has 0 aromatic heterocycles. The van der Waals surface area contributed by atoms with Crippen LogP contribution in [0.3, 0.4) is 0 Å². The lowest BCUT2D eigenvalue weighted by Crippen LogP contribution is -2.48. The van der Waals surface area contributed by atoms with Gasteiger partial charge < -0.3 is 4.90 Å². The van der Waals surface area contributed by atoms with Gasteiger partial charge in [0.2, 0.25) is 0 Å². The lowest BCUT2D eigenvalue weighted by atomic mass is 9.51. The highest BCUT2D eigenvalue weighted by molar-refractivity contribution is 6.08. The Balaban J connectivity index is 1.14. The quantitative estimate of drug-likeness (QED) is 0.169. The first kappa shape index (κ1) is 30.5. The Kier molecular flexibility index (Phi) is 6.41. The maximum absolute atomic E-state index is 2.62. The molecule has 0 amide bonds. The zero-order valence-electron chi connectivity index (χ0n) is 30.5. The summed E-state index contributed by atoms with van der Waals surface area (Å²) in [5.41, 5.74) is 15.3. The van der Waals surface area contributed by atoms with Gasteiger partial charge in [0.15, 0.2) is 0 Å². The Hall–Kier alpha value is -5.14. The predicted molar refractivity (Wildman–Crippen MR) is 219 cm³/mol. The summed E-state index contributed by atoms with van der Waals surface area (Å²) in [7, 11) is 0. The number of benzene rings is 7. The van der Waals surface area contributed by atoms with Crippen LogP contribution >= 0.6 is 0 Å². The molecule has 2 fully saturated rings. The summed E-state index contributed by atoms with van der Waals surface area (Å²) in [4.78, 5) is 2.56. The summed E-state index contributed by atoms with van der Waals surface area (Å²) in [6, 6.07) is 53.6. The predicted octanol–water partition coefficient (Wildman–Crippen LogP) is 13.9. The molecule has 2 saturated carbocycles. The number of anilines is 3. The molecule has 0 heterocycles. The van der Waals surface area contributed by atoms with Crippen LogP contribution in [0.15, 0.2) is 140 Å². The minimum atomic E-state index is -0.0748. The molecule has 0 saturated heterocycles. The van der Waals surface area contributed by atoms with Crippen molar-refractivity contribution in [3.63, 3.8) is 0 Å². The topological polar surface area (TPSA) is 3.24 Å². The third-order valence-corrected chi connectivity index (χ3v) is 14.1. The molecule has 0 N–H and O–H groups in total. The fourth-order valence-corrected chi connectivity index (χ4v) is 11.9. The van der Waals surface area contributed by atoms with Crippen molar-refractivity contribution in [2.45, 2.75) is 63.7 Å². The Morgan fingerprint density at radius 2 is 1.10 bits per heavy atom. The molecule has 7 aromatic carbocycles. The smallest absolute Gasteiger partial charge is 0.0468 e. The Morgan fingerprint density at radius 1 is 0.500 bits per heavy atom. The van der Waals surface area contributed by atoms with Gasteiger partial charge in [-0.05, 0) is 139 Å². The molecule has 4 unspecified atom stereocenters. The number of fused-ring (bicyclic) bond motifs is 14. The van der Waals surface area contributed by atoms with Gasteiger partial charge >= 0.3 is 0 Å². The van der Waals surface area contributed by atoms with Gasteiger partial charge in [0.1, 0.15) is 0 Å². The van der Waals surface area contributed by atoms with Gasteiger partial charge in [0.25, 0.3) is 0 Å². The molecule has 2 bridgehead atoms. The number of rotatable bonds is 3. The lowest BCUT2D eigenvalue weighted by molar-refractivity contribution is 0.0670. The molecule has 0 aliphatic heterocycles. The molecule has 0 radical (unpaired) electrons. The van der Waals surface area contributed by atoms with E-state index in [2.05, 4.69) is 165 Å². The zero-order chi connectivity index (χ0) is 34.8. The number of nitrogens with zero attached hydrogens (tertiary/aromatic N) is 1. The van der Waals surface area contributed by atoms with E-state index >= 15 is 0 Å². The molecule has 11 rings (SSSR count). The molecule has 52 heavy (non-hydrogen) atoms. The van der Waals surface area contributed by atoms with Gasteiger partial charge in [-0.3, -0.25) is 0 Å². The molecule has 1 spiro atoms. The van der Waals surface area contributed by atoms with Crippen LogP contribution in [-0.4, -0.2) is 0 Å². The first-order valence-electron chi connectivity index (χ1n) is 19.6. The minimum Gasteiger partial charge on any atom is -0.310 e. The average Bonchev–Trinajstić information content (AvgIpc) is 3.60. The SMILES string of the molecule is CC1CC2CCCC(C2)C12c1ccccc1-c1ccc(N(c3ccc4c(c3)C(C)(C)c3ccccc3-4)c3ccc4c(ccc5ccccc54)c3)cc12. The van der Waals surface area contributed by atoms with E-state index in [9.17, 15) is 0 Å². The highest BCUT2D eigenvalue weighted by atomic mass is 15.1. The van der Waals surface area contributed by atoms with Crippen molar-refractivity contribution < 1.29 is 0 Å². The van der Waals surface area contributed by atoms with E-state index < -0.39 is 0 Å². The van der Waals surface area contributed by atoms with Crippen LogP contribution in [-0.2, 0) is 10.8 Å². The zero-order valence-corrected chi connectivity index (χ0v) is 30.5. The summed E-state index contributed by atoms with van der Waals surface area (Å²) < 4.78 is 0. The summed E-state index contributed by atoms with van der Waals surface area (Å²) in [5, 5.41) is 5.17. The molecule has 4 aliphatic carbocycles. The average molecular weight is 672 g/mol. The van der Waals surface area contributed by atoms with E-state index in [-0.39, 0.29) is 10.8 Å². The van der Waals surface area contributed by atoms with Crippen LogP contribution in [0.5, 0.6) is 0 Å². The normalized spacial score (nSPS) is 23.3. The van der Waals surface area contributed by atoms with Crippen molar-refractivity contribution in [2.75, 3.05) is 4.90 Å². The molecular weight excluding hydrogens is 627 g/mol. The molecule has 254 valence electrons. The van der Waals surface area contributed by atoms with Crippen LogP contribution < -0.4 is 4.90 Å². The van der Waals surface area contributed by atoms with Crippen LogP contribution in [0.25, 0.3) is 43.8 Å². The summed E-state index contributed by atoms with van der Waals surface area (Å²) >= 11 is 0. The Morgan fingerprint density at radius 3 is 1.92 bits per heavy atom. The van der Waals surface area contributed by atoms with Crippen LogP contribution in [0.4, 0.5) is 17.1 Å². The van der Waals surface area contributed by atoms with Gasteiger partial charge in [-0.25, -0.2) is 0 Å². The lowest BCUT2D eigenvalue weighted by Gasteiger charge is -2.53. The van der Waals surface area contributed by atoms with Gasteiger partial charge in [-0.1, -0.05) is 137 Å². The second-order valence-corrected chi connectivity index (χ2v) is 16.9. The molecule has 4 aliphatic rings. The van der Waals surface area contributed by atoms with Crippen molar-refractivity contribution in [3.05, 3.63) is 162 Å². The molecule has 4 atom stereocenters. The Bertz CT molecular complexity index is 2590. The first-order valence-corrected chi connectivity index (χ1v) is 19.6. The van der Waals surface area contributed by atoms with Crippen molar-refractivity contribution in [1.82, 2.24) is 0 Å². The van der Waals surface area contributed by atoms with Gasteiger partial charge in [-0.15, -0.1) is 0 Å². The van der Waals surface area contributed by atoms with E-state index in [0.29, 0.717) is 11.8 Å². The first-order chi connectivity index (χ1) is 25.4. The minimum absolute atomic E-state index is 0.0639. The van der Waals surface area contributed by atoms with E-state index in [1.54, 1.807) is 11.1 Å². The van der Waals surface area contributed by atoms with E-state index in [0.717, 1.165) is 5.92 Å². The summed E-state index contributed by atoms with van der Waals surface area (Å²) in [6.07, 6.45) is 6.81. The van der Waals surface area contributed by atoms with Crippen molar-refractivity contribution in [1.29, 1.82) is 0 Å².